The third kappa shape index (κ3) is 7.24. The molecule has 2 heterocycles. The Labute approximate surface area is 198 Å². The largest absolute Gasteiger partial charge is 0.542 e. The number of carboxylic acids is 1. The van der Waals surface area contributed by atoms with Crippen molar-refractivity contribution in [3.8, 4) is 0 Å². The number of nitrogens with zero attached hydrogens (tertiary/aromatic N) is 4. The number of esters is 1. The number of aromatic nitrogens is 3. The number of aliphatic carboxylic acids is 1. The summed E-state index contributed by atoms with van der Waals surface area (Å²) >= 11 is 0. The molecular weight excluding hydrogens is 471 g/mol. The number of imidazole rings is 1. The summed E-state index contributed by atoms with van der Waals surface area (Å²) in [6.45, 7) is 2.53. The minimum atomic E-state index is -5.19. The predicted molar refractivity (Wildman–Crippen MR) is 117 cm³/mol. The molecule has 0 atom stereocenters. The highest BCUT2D eigenvalue weighted by atomic mass is 19.4. The van der Waals surface area contributed by atoms with Crippen LogP contribution in [0.15, 0.2) is 42.6 Å². The molecule has 0 unspecified atom stereocenters. The number of ether oxygens (including phenoxy) is 1. The molecule has 1 amide bonds. The molecule has 2 N–H and O–H groups in total. The highest BCUT2D eigenvalue weighted by Gasteiger charge is 2.28. The maximum absolute atomic E-state index is 13.2. The quantitative estimate of drug-likeness (QED) is 0.485. The Kier molecular flexibility index (Phi) is 9.28. The van der Waals surface area contributed by atoms with E-state index in [1.165, 1.54) is 4.90 Å². The number of carbonyl (C=O) groups excluding carboxylic acids is 3. The van der Waals surface area contributed by atoms with Crippen molar-refractivity contribution in [2.24, 2.45) is 12.8 Å². The lowest BCUT2D eigenvalue weighted by Gasteiger charge is -2.21. The number of carbonyl (C=O) groups is 3. The van der Waals surface area contributed by atoms with Crippen LogP contribution in [0.2, 0.25) is 0 Å². The summed E-state index contributed by atoms with van der Waals surface area (Å²) in [4.78, 5) is 44.0. The zero-order valence-corrected chi connectivity index (χ0v) is 18.9. The zero-order valence-electron chi connectivity index (χ0n) is 18.9. The molecular formula is C22H23F3N5O5-. The molecule has 1 aromatic carbocycles. The number of anilines is 1. The van der Waals surface area contributed by atoms with Crippen LogP contribution in [0.5, 0.6) is 0 Å². The summed E-state index contributed by atoms with van der Waals surface area (Å²) in [6.07, 6.45) is -3.51. The number of rotatable bonds is 7. The van der Waals surface area contributed by atoms with E-state index in [0.717, 1.165) is 11.3 Å². The lowest BCUT2D eigenvalue weighted by Crippen LogP contribution is -2.37. The van der Waals surface area contributed by atoms with Gasteiger partial charge in [-0.3, -0.25) is 14.5 Å². The van der Waals surface area contributed by atoms with Gasteiger partial charge in [0.15, 0.2) is 0 Å². The third-order valence-electron chi connectivity index (χ3n) is 4.65. The Morgan fingerprint density at radius 2 is 1.89 bits per heavy atom. The van der Waals surface area contributed by atoms with Crippen molar-refractivity contribution in [3.63, 3.8) is 0 Å². The van der Waals surface area contributed by atoms with Gasteiger partial charge in [-0.05, 0) is 37.3 Å². The van der Waals surface area contributed by atoms with E-state index in [-0.39, 0.29) is 24.8 Å². The highest BCUT2D eigenvalue weighted by Crippen LogP contribution is 2.20. The van der Waals surface area contributed by atoms with Gasteiger partial charge in [0.05, 0.1) is 30.6 Å². The Bertz CT molecular complexity index is 1180. The number of carboxylic acid groups (broad SMARTS) is 1. The number of nitrogens with two attached hydrogens (primary N) is 1. The van der Waals surface area contributed by atoms with Crippen LogP contribution in [0, 0.1) is 0 Å². The first-order valence-corrected chi connectivity index (χ1v) is 10.3. The first kappa shape index (κ1) is 27.2. The molecule has 0 spiro atoms. The number of hydrogen-bond donors (Lipinski definition) is 1. The van der Waals surface area contributed by atoms with Gasteiger partial charge in [0, 0.05) is 25.4 Å². The standard InChI is InChI=1S/C20H23N5O3.C2HF3O2/c1-3-28-19(26)9-11-25(17-6-4-5-10-22-17)20(27)14-7-8-16-15(12-14)23-18(13-21)24(16)2;3-2(4,5)1(6)7/h4-8,10,12H,3,9,11,13,21H2,1-2H3;(H,6,7)/p-1. The van der Waals surface area contributed by atoms with E-state index in [9.17, 15) is 22.8 Å². The van der Waals surface area contributed by atoms with Gasteiger partial charge < -0.3 is 24.9 Å². The van der Waals surface area contributed by atoms with Gasteiger partial charge in [-0.25, -0.2) is 9.97 Å². The first-order valence-electron chi connectivity index (χ1n) is 10.3. The van der Waals surface area contributed by atoms with Gasteiger partial charge in [0.2, 0.25) is 0 Å². The summed E-state index contributed by atoms with van der Waals surface area (Å²) in [7, 11) is 1.89. The van der Waals surface area contributed by atoms with E-state index in [1.807, 2.05) is 17.7 Å². The Hall–Kier alpha value is -4.00. The van der Waals surface area contributed by atoms with Crippen LogP contribution in [0.3, 0.4) is 0 Å². The molecule has 0 saturated heterocycles. The first-order chi connectivity index (χ1) is 16.5. The van der Waals surface area contributed by atoms with Crippen molar-refractivity contribution in [3.05, 3.63) is 54.0 Å². The van der Waals surface area contributed by atoms with E-state index in [1.54, 1.807) is 43.5 Å². The van der Waals surface area contributed by atoms with Crippen molar-refractivity contribution in [1.82, 2.24) is 14.5 Å². The minimum Gasteiger partial charge on any atom is -0.542 e. The summed E-state index contributed by atoms with van der Waals surface area (Å²) in [5, 5.41) is 8.78. The zero-order chi connectivity index (χ0) is 26.2. The molecule has 0 bridgehead atoms. The average molecular weight is 494 g/mol. The monoisotopic (exact) mass is 494 g/mol. The molecule has 0 saturated carbocycles. The van der Waals surface area contributed by atoms with Crippen molar-refractivity contribution >= 4 is 34.7 Å². The molecule has 2 aromatic heterocycles. The Morgan fingerprint density at radius 1 is 1.20 bits per heavy atom. The van der Waals surface area contributed by atoms with Crippen LogP contribution in [0.1, 0.15) is 29.5 Å². The predicted octanol–water partition coefficient (Wildman–Crippen LogP) is 1.33. The molecule has 188 valence electrons. The third-order valence-corrected chi connectivity index (χ3v) is 4.65. The summed E-state index contributed by atoms with van der Waals surface area (Å²) in [5.74, 6) is -2.41. The van der Waals surface area contributed by atoms with E-state index < -0.39 is 12.1 Å². The smallest absolute Gasteiger partial charge is 0.430 e. The van der Waals surface area contributed by atoms with Crippen LogP contribution >= 0.6 is 0 Å². The maximum Gasteiger partial charge on any atom is 0.430 e. The van der Waals surface area contributed by atoms with Crippen LogP contribution < -0.4 is 15.7 Å². The number of amides is 1. The molecule has 0 aliphatic heterocycles. The second kappa shape index (κ2) is 11.9. The Balaban J connectivity index is 0.000000540. The van der Waals surface area contributed by atoms with Crippen LogP contribution in [0.25, 0.3) is 11.0 Å². The van der Waals surface area contributed by atoms with Crippen molar-refractivity contribution in [2.45, 2.75) is 26.1 Å². The molecule has 3 rings (SSSR count). The number of halogens is 3. The van der Waals surface area contributed by atoms with Crippen molar-refractivity contribution < 1.29 is 37.4 Å². The van der Waals surface area contributed by atoms with Gasteiger partial charge in [-0.15, -0.1) is 0 Å². The Morgan fingerprint density at radius 3 is 2.43 bits per heavy atom. The van der Waals surface area contributed by atoms with E-state index >= 15 is 0 Å². The van der Waals surface area contributed by atoms with Crippen molar-refractivity contribution in [1.29, 1.82) is 0 Å². The number of hydrogen-bond acceptors (Lipinski definition) is 8. The summed E-state index contributed by atoms with van der Waals surface area (Å²) in [6, 6.07) is 10.6. The second-order valence-corrected chi connectivity index (χ2v) is 6.98. The SMILES string of the molecule is CCOC(=O)CCN(C(=O)c1ccc2c(c1)nc(CN)n2C)c1ccccn1.O=C([O-])C(F)(F)F. The van der Waals surface area contributed by atoms with Crippen LogP contribution in [-0.2, 0) is 27.9 Å². The molecule has 0 fully saturated rings. The van der Waals surface area contributed by atoms with E-state index in [0.29, 0.717) is 30.0 Å². The van der Waals surface area contributed by atoms with Crippen LogP contribution in [-0.4, -0.2) is 51.7 Å². The fourth-order valence-corrected chi connectivity index (χ4v) is 2.99. The number of pyridine rings is 1. The number of alkyl halides is 3. The molecule has 0 aliphatic rings. The van der Waals surface area contributed by atoms with Gasteiger partial charge in [-0.1, -0.05) is 6.07 Å². The molecule has 35 heavy (non-hydrogen) atoms. The number of aryl methyl sites for hydroxylation is 1. The molecule has 0 aliphatic carbocycles. The summed E-state index contributed by atoms with van der Waals surface area (Å²) < 4.78 is 38.4. The van der Waals surface area contributed by atoms with E-state index in [4.69, 9.17) is 20.4 Å². The maximum atomic E-state index is 13.2. The minimum absolute atomic E-state index is 0.0826. The fourth-order valence-electron chi connectivity index (χ4n) is 2.99. The fraction of sp³-hybridized carbons (Fsp3) is 0.318. The van der Waals surface area contributed by atoms with Gasteiger partial charge >= 0.3 is 12.1 Å². The molecule has 3 aromatic rings. The van der Waals surface area contributed by atoms with Gasteiger partial charge in [0.1, 0.15) is 17.6 Å². The molecule has 0 radical (unpaired) electrons. The molecule has 13 heteroatoms. The number of fused-ring (bicyclic) bond motifs is 1. The molecule has 10 nitrogen and oxygen atoms in total. The van der Waals surface area contributed by atoms with Gasteiger partial charge in [-0.2, -0.15) is 13.2 Å². The topological polar surface area (TPSA) is 143 Å². The van der Waals surface area contributed by atoms with E-state index in [2.05, 4.69) is 9.97 Å². The highest BCUT2D eigenvalue weighted by molar-refractivity contribution is 6.07. The lowest BCUT2D eigenvalue weighted by atomic mass is 10.1. The number of benzene rings is 1. The lowest BCUT2D eigenvalue weighted by molar-refractivity contribution is -0.344. The second-order valence-electron chi connectivity index (χ2n) is 6.98. The van der Waals surface area contributed by atoms with Crippen LogP contribution in [0.4, 0.5) is 19.0 Å². The summed E-state index contributed by atoms with van der Waals surface area (Å²) in [5.41, 5.74) is 7.77. The normalized spacial score (nSPS) is 10.9. The average Bonchev–Trinajstić information content (AvgIpc) is 3.14. The van der Waals surface area contributed by atoms with Gasteiger partial charge in [0.25, 0.3) is 5.91 Å². The van der Waals surface area contributed by atoms with Crippen molar-refractivity contribution in [2.75, 3.05) is 18.1 Å².